The minimum atomic E-state index is -4.63. The number of rotatable bonds is 4. The third kappa shape index (κ3) is 4.62. The van der Waals surface area contributed by atoms with Crippen LogP contribution in [0.3, 0.4) is 0 Å². The molecule has 2 atom stereocenters. The number of carbonyl (C=O) groups excluding carboxylic acids is 1. The van der Waals surface area contributed by atoms with Crippen LogP contribution in [0.5, 0.6) is 0 Å². The second-order valence-electron chi connectivity index (χ2n) is 8.61. The molecule has 0 saturated carbocycles. The van der Waals surface area contributed by atoms with Crippen LogP contribution in [0.4, 0.5) is 13.2 Å². The van der Waals surface area contributed by atoms with Crippen molar-refractivity contribution in [2.45, 2.75) is 52.9 Å². The summed E-state index contributed by atoms with van der Waals surface area (Å²) < 4.78 is 39.5. The molecule has 0 fully saturated rings. The first-order valence-electron chi connectivity index (χ1n) is 9.73. The van der Waals surface area contributed by atoms with E-state index in [-0.39, 0.29) is 17.1 Å². The van der Waals surface area contributed by atoms with Gasteiger partial charge in [-0.1, -0.05) is 20.8 Å². The highest BCUT2D eigenvalue weighted by molar-refractivity contribution is 5.97. The number of halogens is 3. The highest BCUT2D eigenvalue weighted by atomic mass is 19.4. The molecule has 3 aromatic rings. The fourth-order valence-corrected chi connectivity index (χ4v) is 3.11. The zero-order valence-corrected chi connectivity index (χ0v) is 17.8. The van der Waals surface area contributed by atoms with Crippen LogP contribution in [-0.4, -0.2) is 25.4 Å². The van der Waals surface area contributed by atoms with Crippen LogP contribution < -0.4 is 11.0 Å². The average molecular weight is 435 g/mol. The minimum Gasteiger partial charge on any atom is -0.345 e. The van der Waals surface area contributed by atoms with Gasteiger partial charge >= 0.3 is 11.9 Å². The molecule has 2 N–H and O–H groups in total. The molecular weight excluding hydrogens is 411 g/mol. The van der Waals surface area contributed by atoms with Crippen molar-refractivity contribution in [3.05, 3.63) is 58.0 Å². The van der Waals surface area contributed by atoms with Gasteiger partial charge in [0.2, 0.25) is 5.82 Å². The molecule has 0 saturated heterocycles. The summed E-state index contributed by atoms with van der Waals surface area (Å²) in [5.74, 6) is -1.67. The van der Waals surface area contributed by atoms with Crippen molar-refractivity contribution >= 4 is 16.9 Å². The minimum absolute atomic E-state index is 0.129. The summed E-state index contributed by atoms with van der Waals surface area (Å²) in [4.78, 5) is 34.7. The molecule has 10 heteroatoms. The summed E-state index contributed by atoms with van der Waals surface area (Å²) in [7, 11) is 0. The molecule has 1 amide bonds. The van der Waals surface area contributed by atoms with Crippen LogP contribution in [0.1, 0.15) is 68.4 Å². The van der Waals surface area contributed by atoms with Crippen molar-refractivity contribution in [3.63, 3.8) is 0 Å². The van der Waals surface area contributed by atoms with Crippen molar-refractivity contribution in [2.24, 2.45) is 5.41 Å². The number of amides is 1. The molecule has 0 bridgehead atoms. The second-order valence-corrected chi connectivity index (χ2v) is 8.61. The summed E-state index contributed by atoms with van der Waals surface area (Å²) in [6.45, 7) is 9.62. The topological polar surface area (TPSA) is 92.7 Å². The molecule has 3 rings (SSSR count). The molecule has 31 heavy (non-hydrogen) atoms. The second kappa shape index (κ2) is 7.82. The molecule has 0 unspecified atom stereocenters. The van der Waals surface area contributed by atoms with E-state index >= 15 is 0 Å². The number of fused-ring (bicyclic) bond motifs is 1. The Morgan fingerprint density at radius 1 is 1.13 bits per heavy atom. The Bertz CT molecular complexity index is 1160. The van der Waals surface area contributed by atoms with Gasteiger partial charge < -0.3 is 10.3 Å². The third-order valence-corrected chi connectivity index (χ3v) is 5.39. The van der Waals surface area contributed by atoms with Crippen LogP contribution in [0.2, 0.25) is 0 Å². The van der Waals surface area contributed by atoms with E-state index in [9.17, 15) is 22.8 Å². The number of hydrogen-bond donors (Lipinski definition) is 2. The Morgan fingerprint density at radius 3 is 2.29 bits per heavy atom. The van der Waals surface area contributed by atoms with Gasteiger partial charge in [0.25, 0.3) is 5.91 Å². The van der Waals surface area contributed by atoms with Crippen molar-refractivity contribution in [1.82, 2.24) is 24.8 Å². The van der Waals surface area contributed by atoms with Gasteiger partial charge in [-0.2, -0.15) is 13.2 Å². The average Bonchev–Trinajstić information content (AvgIpc) is 3.00. The zero-order chi connectivity index (χ0) is 23.1. The van der Waals surface area contributed by atoms with Gasteiger partial charge in [-0.15, -0.1) is 0 Å². The normalized spacial score (nSPS) is 14.5. The van der Waals surface area contributed by atoms with Crippen LogP contribution >= 0.6 is 0 Å². The number of H-pyrrole nitrogens is 1. The first-order chi connectivity index (χ1) is 14.3. The van der Waals surface area contributed by atoms with Crippen molar-refractivity contribution < 1.29 is 18.0 Å². The van der Waals surface area contributed by atoms with Crippen molar-refractivity contribution in [3.8, 4) is 0 Å². The standard InChI is InChI=1S/C21H24F3N5O2/c1-11(14-9-25-18(26-10-14)21(22,23)24)27-17(30)13-6-7-15-16(8-13)29(19(31)28-15)12(2)20(3,4)5/h6-12H,1-5H3,(H,27,30)(H,28,31)/t11-,12+/m0/s1. The quantitative estimate of drug-likeness (QED) is 0.641. The summed E-state index contributed by atoms with van der Waals surface area (Å²) >= 11 is 0. The number of nitrogens with one attached hydrogen (secondary N) is 2. The summed E-state index contributed by atoms with van der Waals surface area (Å²) in [5.41, 5.74) is 1.43. The lowest BCUT2D eigenvalue weighted by Crippen LogP contribution is -2.29. The number of imidazole rings is 1. The lowest BCUT2D eigenvalue weighted by molar-refractivity contribution is -0.145. The van der Waals surface area contributed by atoms with Gasteiger partial charge in [0.15, 0.2) is 0 Å². The molecule has 0 radical (unpaired) electrons. The van der Waals surface area contributed by atoms with Crippen molar-refractivity contribution in [2.75, 3.05) is 0 Å². The third-order valence-electron chi connectivity index (χ3n) is 5.39. The maximum absolute atomic E-state index is 12.8. The first-order valence-corrected chi connectivity index (χ1v) is 9.73. The smallest absolute Gasteiger partial charge is 0.345 e. The first kappa shape index (κ1) is 22.5. The Morgan fingerprint density at radius 2 is 1.74 bits per heavy atom. The molecule has 0 aliphatic rings. The van der Waals surface area contributed by atoms with Gasteiger partial charge in [-0.3, -0.25) is 9.36 Å². The maximum atomic E-state index is 12.8. The predicted molar refractivity (Wildman–Crippen MR) is 110 cm³/mol. The zero-order valence-electron chi connectivity index (χ0n) is 17.8. The Balaban J connectivity index is 1.86. The highest BCUT2D eigenvalue weighted by Gasteiger charge is 2.34. The molecule has 2 aromatic heterocycles. The number of aromatic nitrogens is 4. The maximum Gasteiger partial charge on any atom is 0.451 e. The van der Waals surface area contributed by atoms with Crippen LogP contribution in [-0.2, 0) is 6.18 Å². The van der Waals surface area contributed by atoms with Gasteiger partial charge in [0.1, 0.15) is 0 Å². The number of hydrogen-bond acceptors (Lipinski definition) is 4. The monoisotopic (exact) mass is 435 g/mol. The Hall–Kier alpha value is -3.17. The molecule has 166 valence electrons. The van der Waals surface area contributed by atoms with Crippen LogP contribution in [0, 0.1) is 5.41 Å². The van der Waals surface area contributed by atoms with Crippen LogP contribution in [0.25, 0.3) is 11.0 Å². The molecule has 0 aliphatic carbocycles. The Labute approximate surface area is 176 Å². The summed E-state index contributed by atoms with van der Waals surface area (Å²) in [6, 6.07) is 4.11. The molecule has 0 spiro atoms. The van der Waals surface area contributed by atoms with Gasteiger partial charge in [-0.05, 0) is 37.5 Å². The lowest BCUT2D eigenvalue weighted by atomic mass is 9.88. The Kier molecular flexibility index (Phi) is 5.68. The SMILES string of the molecule is C[C@H](NC(=O)c1ccc2[nH]c(=O)n([C@H](C)C(C)(C)C)c2c1)c1cnc(C(F)(F)F)nc1. The van der Waals surface area contributed by atoms with Gasteiger partial charge in [0.05, 0.1) is 17.1 Å². The molecule has 7 nitrogen and oxygen atoms in total. The van der Waals surface area contributed by atoms with Gasteiger partial charge in [-0.25, -0.2) is 14.8 Å². The fourth-order valence-electron chi connectivity index (χ4n) is 3.11. The van der Waals surface area contributed by atoms with E-state index in [0.717, 1.165) is 12.4 Å². The molecule has 0 aliphatic heterocycles. The van der Waals surface area contributed by atoms with Crippen LogP contribution in [0.15, 0.2) is 35.4 Å². The fraction of sp³-hybridized carbons (Fsp3) is 0.429. The van der Waals surface area contributed by atoms with E-state index in [1.54, 1.807) is 29.7 Å². The summed E-state index contributed by atoms with van der Waals surface area (Å²) in [6.07, 6.45) is -2.55. The number of aromatic amines is 1. The van der Waals surface area contributed by atoms with Gasteiger partial charge in [0, 0.05) is 29.6 Å². The lowest BCUT2D eigenvalue weighted by Gasteiger charge is -2.28. The van der Waals surface area contributed by atoms with E-state index in [1.807, 2.05) is 27.7 Å². The van der Waals surface area contributed by atoms with Crippen molar-refractivity contribution in [1.29, 1.82) is 0 Å². The number of carbonyl (C=O) groups is 1. The number of alkyl halides is 3. The van der Waals surface area contributed by atoms with E-state index < -0.39 is 23.9 Å². The highest BCUT2D eigenvalue weighted by Crippen LogP contribution is 2.31. The molecular formula is C21H24F3N5O2. The van der Waals surface area contributed by atoms with E-state index in [1.165, 1.54) is 0 Å². The number of nitrogens with zero attached hydrogens (tertiary/aromatic N) is 3. The number of benzene rings is 1. The molecule has 2 heterocycles. The van der Waals surface area contributed by atoms with E-state index in [4.69, 9.17) is 0 Å². The van der Waals surface area contributed by atoms with E-state index in [0.29, 0.717) is 22.2 Å². The summed E-state index contributed by atoms with van der Waals surface area (Å²) in [5, 5.41) is 2.72. The predicted octanol–water partition coefficient (Wildman–Crippen LogP) is 4.24. The van der Waals surface area contributed by atoms with E-state index in [2.05, 4.69) is 20.3 Å². The largest absolute Gasteiger partial charge is 0.451 e. The molecule has 1 aromatic carbocycles.